The number of hydrogen-bond acceptors (Lipinski definition) is 6. The van der Waals surface area contributed by atoms with Crippen molar-refractivity contribution in [1.82, 2.24) is 18.5 Å². The van der Waals surface area contributed by atoms with E-state index in [-0.39, 0.29) is 17.2 Å². The first-order valence-electron chi connectivity index (χ1n) is 12.7. The van der Waals surface area contributed by atoms with E-state index in [1.54, 1.807) is 41.3 Å². The van der Waals surface area contributed by atoms with Crippen LogP contribution in [-0.2, 0) is 15.0 Å². The Balaban J connectivity index is 2.16. The molecular weight excluding hydrogens is 520 g/mol. The molecule has 0 fully saturated rings. The minimum Gasteiger partial charge on any atom is -0.493 e. The van der Waals surface area contributed by atoms with Gasteiger partial charge < -0.3 is 19.7 Å². The van der Waals surface area contributed by atoms with Crippen molar-refractivity contribution < 1.29 is 27.5 Å². The van der Waals surface area contributed by atoms with Crippen LogP contribution in [0.25, 0.3) is 17.0 Å². The van der Waals surface area contributed by atoms with E-state index in [2.05, 4.69) is 5.32 Å². The average molecular weight is 557 g/mol. The number of fused-ring (bicyclic) bond motifs is 1. The normalized spacial score (nSPS) is 12.0. The monoisotopic (exact) mass is 556 g/mol. The summed E-state index contributed by atoms with van der Waals surface area (Å²) in [6, 6.07) is 11.7. The highest BCUT2D eigenvalue weighted by molar-refractivity contribution is 7.87. The molecule has 1 heterocycles. The maximum Gasteiger partial charge on any atom is 0.307 e. The third kappa shape index (κ3) is 6.43. The Morgan fingerprint density at radius 1 is 0.974 bits per heavy atom. The fourth-order valence-electron chi connectivity index (χ4n) is 4.16. The molecule has 11 heteroatoms. The summed E-state index contributed by atoms with van der Waals surface area (Å²) in [6.45, 7) is 4.96. The molecule has 0 saturated carbocycles. The zero-order chi connectivity index (χ0) is 28.7. The highest BCUT2D eigenvalue weighted by Crippen LogP contribution is 2.28. The van der Waals surface area contributed by atoms with Crippen LogP contribution in [-0.4, -0.2) is 74.8 Å². The molecule has 3 aromatic rings. The lowest BCUT2D eigenvalue weighted by atomic mass is 10.1. The van der Waals surface area contributed by atoms with Crippen molar-refractivity contribution in [2.45, 2.75) is 26.7 Å². The molecule has 3 rings (SSSR count). The third-order valence-electron chi connectivity index (χ3n) is 6.12. The predicted octanol–water partition coefficient (Wildman–Crippen LogP) is 3.73. The van der Waals surface area contributed by atoms with Gasteiger partial charge in [0.05, 0.1) is 19.7 Å². The van der Waals surface area contributed by atoms with Gasteiger partial charge in [0.2, 0.25) is 0 Å². The fraction of sp³-hybridized carbons (Fsp3) is 0.357. The van der Waals surface area contributed by atoms with Crippen molar-refractivity contribution in [1.29, 1.82) is 0 Å². The Labute approximate surface area is 230 Å². The second-order valence-electron chi connectivity index (χ2n) is 9.06. The molecule has 0 atom stereocenters. The van der Waals surface area contributed by atoms with Crippen LogP contribution in [0.2, 0.25) is 0 Å². The van der Waals surface area contributed by atoms with E-state index >= 15 is 0 Å². The van der Waals surface area contributed by atoms with Crippen molar-refractivity contribution in [3.8, 4) is 11.5 Å². The number of para-hydroxylation sites is 1. The Bertz CT molecular complexity index is 1470. The van der Waals surface area contributed by atoms with Gasteiger partial charge in [-0.2, -0.15) is 12.7 Å². The first kappa shape index (κ1) is 29.7. The zero-order valence-electron chi connectivity index (χ0n) is 23.2. The van der Waals surface area contributed by atoms with E-state index in [0.717, 1.165) is 17.1 Å². The quantitative estimate of drug-likeness (QED) is 0.341. The molecular formula is C28H36N4O6S. The van der Waals surface area contributed by atoms with Gasteiger partial charge in [-0.05, 0) is 43.2 Å². The van der Waals surface area contributed by atoms with Crippen LogP contribution in [0.1, 0.15) is 42.6 Å². The molecule has 0 radical (unpaired) electrons. The van der Waals surface area contributed by atoms with Crippen LogP contribution >= 0.6 is 0 Å². The molecule has 0 aliphatic rings. The molecule has 0 unspecified atom stereocenters. The van der Waals surface area contributed by atoms with Crippen LogP contribution in [0.4, 0.5) is 0 Å². The molecule has 1 N–H and O–H groups in total. The van der Waals surface area contributed by atoms with Crippen LogP contribution in [0.3, 0.4) is 0 Å². The number of ether oxygens (including phenoxy) is 2. The van der Waals surface area contributed by atoms with Gasteiger partial charge in [0, 0.05) is 49.9 Å². The van der Waals surface area contributed by atoms with Crippen LogP contribution in [0.15, 0.2) is 54.4 Å². The van der Waals surface area contributed by atoms with Gasteiger partial charge in [-0.15, -0.1) is 0 Å². The van der Waals surface area contributed by atoms with E-state index in [1.807, 2.05) is 13.8 Å². The van der Waals surface area contributed by atoms with Crippen LogP contribution in [0.5, 0.6) is 11.5 Å². The average Bonchev–Trinajstić information content (AvgIpc) is 3.30. The van der Waals surface area contributed by atoms with Gasteiger partial charge >= 0.3 is 10.2 Å². The lowest BCUT2D eigenvalue weighted by Gasteiger charge is -2.23. The molecule has 0 aliphatic heterocycles. The van der Waals surface area contributed by atoms with E-state index in [4.69, 9.17) is 9.47 Å². The molecule has 0 aliphatic carbocycles. The van der Waals surface area contributed by atoms with Crippen molar-refractivity contribution in [3.05, 3.63) is 65.5 Å². The topological polar surface area (TPSA) is 110 Å². The van der Waals surface area contributed by atoms with E-state index in [0.29, 0.717) is 41.1 Å². The van der Waals surface area contributed by atoms with Gasteiger partial charge in [-0.3, -0.25) is 9.59 Å². The number of amides is 2. The van der Waals surface area contributed by atoms with Crippen molar-refractivity contribution in [3.63, 3.8) is 0 Å². The number of aromatic nitrogens is 1. The lowest BCUT2D eigenvalue weighted by Crippen LogP contribution is -2.39. The molecule has 2 aromatic carbocycles. The second kappa shape index (κ2) is 12.8. The summed E-state index contributed by atoms with van der Waals surface area (Å²) >= 11 is 0. The molecule has 10 nitrogen and oxygen atoms in total. The van der Waals surface area contributed by atoms with Crippen molar-refractivity contribution >= 4 is 39.0 Å². The standard InChI is InChI=1S/C28H36N4O6S/c1-7-15-31(16-8-2)28(34)23(29-27(33)20-13-14-25(37-5)26(18-20)38-6)17-21-19-32(39(35,36)30(3)4)24-12-10-9-11-22(21)24/h9-14,17-19H,7-8,15-16H2,1-6H3,(H,29,33). The molecule has 39 heavy (non-hydrogen) atoms. The summed E-state index contributed by atoms with van der Waals surface area (Å²) < 4.78 is 38.9. The van der Waals surface area contributed by atoms with Gasteiger partial charge in [-0.25, -0.2) is 3.97 Å². The molecule has 0 bridgehead atoms. The van der Waals surface area contributed by atoms with Gasteiger partial charge in [0.15, 0.2) is 11.5 Å². The SMILES string of the molecule is CCCN(CCC)C(=O)C(=Cc1cn(S(=O)(=O)N(C)C)c2ccccc12)NC(=O)c1ccc(OC)c(OC)c1. The first-order valence-corrected chi connectivity index (χ1v) is 14.1. The van der Waals surface area contributed by atoms with Gasteiger partial charge in [0.25, 0.3) is 11.8 Å². The maximum atomic E-state index is 13.7. The second-order valence-corrected chi connectivity index (χ2v) is 11.1. The zero-order valence-corrected chi connectivity index (χ0v) is 24.0. The van der Waals surface area contributed by atoms with Crippen LogP contribution in [0, 0.1) is 0 Å². The lowest BCUT2D eigenvalue weighted by molar-refractivity contribution is -0.127. The minimum atomic E-state index is -3.84. The number of hydrogen-bond donors (Lipinski definition) is 1. The number of benzene rings is 2. The summed E-state index contributed by atoms with van der Waals surface area (Å²) in [7, 11) is 2.03. The maximum absolute atomic E-state index is 13.7. The summed E-state index contributed by atoms with van der Waals surface area (Å²) in [5.41, 5.74) is 1.22. The number of carbonyl (C=O) groups excluding carboxylic acids is 2. The Morgan fingerprint density at radius 2 is 1.62 bits per heavy atom. The minimum absolute atomic E-state index is 0.0295. The van der Waals surface area contributed by atoms with Crippen molar-refractivity contribution in [2.75, 3.05) is 41.4 Å². The first-order chi connectivity index (χ1) is 18.6. The summed E-state index contributed by atoms with van der Waals surface area (Å²) in [5.74, 6) is -0.0431. The highest BCUT2D eigenvalue weighted by Gasteiger charge is 2.24. The fourth-order valence-corrected chi connectivity index (χ4v) is 5.17. The summed E-state index contributed by atoms with van der Waals surface area (Å²) in [6.07, 6.45) is 4.47. The Morgan fingerprint density at radius 3 is 2.21 bits per heavy atom. The van der Waals surface area contributed by atoms with E-state index in [1.165, 1.54) is 50.6 Å². The van der Waals surface area contributed by atoms with Gasteiger partial charge in [-0.1, -0.05) is 32.0 Å². The highest BCUT2D eigenvalue weighted by atomic mass is 32.2. The number of methoxy groups -OCH3 is 2. The summed E-state index contributed by atoms with van der Waals surface area (Å²) in [4.78, 5) is 28.8. The van der Waals surface area contributed by atoms with Gasteiger partial charge in [0.1, 0.15) is 5.70 Å². The van der Waals surface area contributed by atoms with E-state index in [9.17, 15) is 18.0 Å². The third-order valence-corrected chi connectivity index (χ3v) is 7.84. The number of nitrogens with one attached hydrogen (secondary N) is 1. The smallest absolute Gasteiger partial charge is 0.307 e. The number of carbonyl (C=O) groups is 2. The molecule has 2 amide bonds. The molecule has 1 aromatic heterocycles. The van der Waals surface area contributed by atoms with Crippen LogP contribution < -0.4 is 14.8 Å². The molecule has 0 spiro atoms. The summed E-state index contributed by atoms with van der Waals surface area (Å²) in [5, 5.41) is 3.39. The Hall–Kier alpha value is -3.83. The molecule has 0 saturated heterocycles. The predicted molar refractivity (Wildman–Crippen MR) is 152 cm³/mol. The molecule has 210 valence electrons. The number of rotatable bonds is 12. The van der Waals surface area contributed by atoms with E-state index < -0.39 is 16.1 Å². The largest absolute Gasteiger partial charge is 0.493 e. The van der Waals surface area contributed by atoms with Crippen molar-refractivity contribution in [2.24, 2.45) is 0 Å². The Kier molecular flexibility index (Phi) is 9.76. The number of nitrogens with zero attached hydrogens (tertiary/aromatic N) is 3.